The van der Waals surface area contributed by atoms with Gasteiger partial charge in [0.2, 0.25) is 0 Å². The van der Waals surface area contributed by atoms with Crippen LogP contribution >= 0.6 is 11.8 Å². The summed E-state index contributed by atoms with van der Waals surface area (Å²) in [5.41, 5.74) is 0. The van der Waals surface area contributed by atoms with Gasteiger partial charge in [-0.15, -0.1) is 4.91 Å². The first-order valence-electron chi connectivity index (χ1n) is 6.09. The molecule has 6 heteroatoms. The fraction of sp³-hybridized carbons (Fsp3) is 0.909. The van der Waals surface area contributed by atoms with E-state index in [-0.39, 0.29) is 0 Å². The molecule has 1 fully saturated rings. The van der Waals surface area contributed by atoms with Crippen LogP contribution < -0.4 is 0 Å². The maximum Gasteiger partial charge on any atom is 0.327 e. The number of hydrogen-bond donors (Lipinski definition) is 1. The number of carbonyl (C=O) groups is 1. The van der Waals surface area contributed by atoms with E-state index in [0.717, 1.165) is 10.8 Å². The summed E-state index contributed by atoms with van der Waals surface area (Å²) in [6, 6.07) is -0.834. The summed E-state index contributed by atoms with van der Waals surface area (Å²) < 4.78 is 0. The molecule has 1 rings (SSSR count). The number of aliphatic carboxylic acids is 1. The Labute approximate surface area is 106 Å². The van der Waals surface area contributed by atoms with Crippen molar-refractivity contribution >= 4 is 17.7 Å². The van der Waals surface area contributed by atoms with Gasteiger partial charge in [0.1, 0.15) is 6.04 Å². The van der Waals surface area contributed by atoms with Gasteiger partial charge in [-0.25, -0.2) is 9.80 Å². The third kappa shape index (κ3) is 4.93. The van der Waals surface area contributed by atoms with Crippen molar-refractivity contribution in [1.29, 1.82) is 0 Å². The Morgan fingerprint density at radius 1 is 1.47 bits per heavy atom. The normalized spacial score (nSPS) is 18.6. The van der Waals surface area contributed by atoms with Crippen LogP contribution in [-0.2, 0) is 4.79 Å². The Hall–Kier alpha value is -0.780. The average molecular weight is 260 g/mol. The Balaban J connectivity index is 2.22. The molecule has 1 aliphatic carbocycles. The zero-order valence-electron chi connectivity index (χ0n) is 10.2. The van der Waals surface area contributed by atoms with Crippen LogP contribution in [0.3, 0.4) is 0 Å². The molecule has 17 heavy (non-hydrogen) atoms. The lowest BCUT2D eigenvalue weighted by Crippen LogP contribution is -2.36. The van der Waals surface area contributed by atoms with E-state index >= 15 is 0 Å². The molecule has 1 aliphatic rings. The average Bonchev–Trinajstić information content (AvgIpc) is 2.35. The van der Waals surface area contributed by atoms with Crippen LogP contribution in [0.1, 0.15) is 39.0 Å². The second-order valence-electron chi connectivity index (χ2n) is 4.39. The van der Waals surface area contributed by atoms with Crippen molar-refractivity contribution in [2.24, 2.45) is 5.29 Å². The molecule has 0 saturated heterocycles. The van der Waals surface area contributed by atoms with Crippen LogP contribution in [0.15, 0.2) is 5.29 Å². The molecule has 0 heterocycles. The van der Waals surface area contributed by atoms with Crippen molar-refractivity contribution in [2.75, 3.05) is 12.3 Å². The van der Waals surface area contributed by atoms with Gasteiger partial charge in [0, 0.05) is 17.5 Å². The van der Waals surface area contributed by atoms with E-state index in [0.29, 0.717) is 11.8 Å². The zero-order chi connectivity index (χ0) is 12.7. The van der Waals surface area contributed by atoms with Crippen LogP contribution in [0, 0.1) is 4.91 Å². The summed E-state index contributed by atoms with van der Waals surface area (Å²) in [5, 5.41) is 13.4. The molecule has 1 N–H and O–H groups in total. The highest BCUT2D eigenvalue weighted by atomic mass is 32.2. The van der Waals surface area contributed by atoms with Gasteiger partial charge >= 0.3 is 5.97 Å². The third-order valence-corrected chi connectivity index (χ3v) is 4.50. The van der Waals surface area contributed by atoms with Crippen LogP contribution in [-0.4, -0.2) is 39.7 Å². The van der Waals surface area contributed by atoms with E-state index in [9.17, 15) is 9.70 Å². The molecular formula is C11H20N2O3S. The number of carboxylic acid groups (broad SMARTS) is 1. The van der Waals surface area contributed by atoms with Gasteiger partial charge < -0.3 is 5.11 Å². The van der Waals surface area contributed by atoms with E-state index < -0.39 is 12.0 Å². The highest BCUT2D eigenvalue weighted by Crippen LogP contribution is 2.28. The Morgan fingerprint density at radius 2 is 2.12 bits per heavy atom. The fourth-order valence-corrected chi connectivity index (χ4v) is 3.27. The molecule has 0 aromatic carbocycles. The maximum absolute atomic E-state index is 10.7. The van der Waals surface area contributed by atoms with Gasteiger partial charge in [-0.2, -0.15) is 11.8 Å². The van der Waals surface area contributed by atoms with E-state index in [1.165, 1.54) is 39.0 Å². The monoisotopic (exact) mass is 260 g/mol. The van der Waals surface area contributed by atoms with Crippen molar-refractivity contribution < 1.29 is 9.90 Å². The molecule has 1 atom stereocenters. The zero-order valence-corrected chi connectivity index (χ0v) is 11.0. The minimum atomic E-state index is -1.01. The third-order valence-electron chi connectivity index (χ3n) is 3.14. The van der Waals surface area contributed by atoms with E-state index in [4.69, 9.17) is 5.11 Å². The Kier molecular flexibility index (Phi) is 6.32. The highest BCUT2D eigenvalue weighted by molar-refractivity contribution is 7.99. The summed E-state index contributed by atoms with van der Waals surface area (Å²) in [7, 11) is 0. The standard InChI is InChI=1S/C11H20N2O3S/c1-9(11(14)15)13(12-16)7-8-17-10-5-3-2-4-6-10/h9-10H,2-8H2,1H3,(H,14,15). The Bertz CT molecular complexity index is 257. The number of nitrogens with zero attached hydrogens (tertiary/aromatic N) is 2. The Morgan fingerprint density at radius 3 is 2.65 bits per heavy atom. The van der Waals surface area contributed by atoms with Crippen LogP contribution in [0.2, 0.25) is 0 Å². The maximum atomic E-state index is 10.7. The van der Waals surface area contributed by atoms with Crippen molar-refractivity contribution in [3.05, 3.63) is 4.91 Å². The molecule has 0 spiro atoms. The smallest absolute Gasteiger partial charge is 0.327 e. The van der Waals surface area contributed by atoms with E-state index in [2.05, 4.69) is 5.29 Å². The summed E-state index contributed by atoms with van der Waals surface area (Å²) >= 11 is 1.84. The minimum Gasteiger partial charge on any atom is -0.480 e. The summed E-state index contributed by atoms with van der Waals surface area (Å²) in [4.78, 5) is 21.3. The van der Waals surface area contributed by atoms with Crippen LogP contribution in [0.5, 0.6) is 0 Å². The van der Waals surface area contributed by atoms with Crippen LogP contribution in [0.4, 0.5) is 0 Å². The van der Waals surface area contributed by atoms with Gasteiger partial charge in [0.15, 0.2) is 0 Å². The molecular weight excluding hydrogens is 240 g/mol. The molecule has 0 aromatic rings. The number of carboxylic acids is 1. The lowest BCUT2D eigenvalue weighted by atomic mass is 10.0. The van der Waals surface area contributed by atoms with Gasteiger partial charge in [-0.05, 0) is 19.8 Å². The van der Waals surface area contributed by atoms with Crippen molar-refractivity contribution in [3.8, 4) is 0 Å². The number of nitroso groups, excluding NO2 is 1. The molecule has 1 saturated carbocycles. The molecule has 98 valence electrons. The first kappa shape index (κ1) is 14.3. The van der Waals surface area contributed by atoms with Gasteiger partial charge in [-0.3, -0.25) is 0 Å². The van der Waals surface area contributed by atoms with E-state index in [1.807, 2.05) is 11.8 Å². The molecule has 5 nitrogen and oxygen atoms in total. The highest BCUT2D eigenvalue weighted by Gasteiger charge is 2.21. The minimum absolute atomic E-state index is 0.415. The number of thioether (sulfide) groups is 1. The molecule has 0 bridgehead atoms. The van der Waals surface area contributed by atoms with Gasteiger partial charge in [-0.1, -0.05) is 19.3 Å². The predicted molar refractivity (Wildman–Crippen MR) is 68.9 cm³/mol. The fourth-order valence-electron chi connectivity index (χ4n) is 1.98. The molecule has 0 amide bonds. The summed E-state index contributed by atoms with van der Waals surface area (Å²) in [6.45, 7) is 1.90. The van der Waals surface area contributed by atoms with Crippen molar-refractivity contribution in [2.45, 2.75) is 50.3 Å². The summed E-state index contributed by atoms with van der Waals surface area (Å²) in [6.07, 6.45) is 6.40. The van der Waals surface area contributed by atoms with Gasteiger partial charge in [0.05, 0.1) is 5.29 Å². The summed E-state index contributed by atoms with van der Waals surface area (Å²) in [5.74, 6) is -0.235. The van der Waals surface area contributed by atoms with E-state index in [1.54, 1.807) is 0 Å². The van der Waals surface area contributed by atoms with Crippen molar-refractivity contribution in [1.82, 2.24) is 5.01 Å². The second-order valence-corrected chi connectivity index (χ2v) is 5.80. The lowest BCUT2D eigenvalue weighted by molar-refractivity contribution is -0.142. The topological polar surface area (TPSA) is 70.0 Å². The SMILES string of the molecule is CC(C(=O)O)N(CCSC1CCCCC1)N=O. The molecule has 0 aliphatic heterocycles. The van der Waals surface area contributed by atoms with Crippen LogP contribution in [0.25, 0.3) is 0 Å². The largest absolute Gasteiger partial charge is 0.480 e. The molecule has 1 unspecified atom stereocenters. The number of hydrogen-bond acceptors (Lipinski definition) is 4. The quantitative estimate of drug-likeness (QED) is 0.562. The van der Waals surface area contributed by atoms with Crippen molar-refractivity contribution in [3.63, 3.8) is 0 Å². The molecule has 0 aromatic heterocycles. The van der Waals surface area contributed by atoms with Gasteiger partial charge in [0.25, 0.3) is 0 Å². The molecule has 0 radical (unpaired) electrons. The lowest BCUT2D eigenvalue weighted by Gasteiger charge is -2.23. The first-order valence-corrected chi connectivity index (χ1v) is 7.14. The predicted octanol–water partition coefficient (Wildman–Crippen LogP) is 2.51. The number of rotatable bonds is 7. The second kappa shape index (κ2) is 7.53. The first-order chi connectivity index (χ1) is 8.15.